The zero-order valence-electron chi connectivity index (χ0n) is 12.3. The van der Waals surface area contributed by atoms with Crippen LogP contribution in [0.2, 0.25) is 0 Å². The molecule has 1 heterocycles. The first-order chi connectivity index (χ1) is 9.31. The summed E-state index contributed by atoms with van der Waals surface area (Å²) in [6.07, 6.45) is 12.1. The lowest BCUT2D eigenvalue weighted by molar-refractivity contribution is 0.183. The maximum absolute atomic E-state index is 5.06. The minimum atomic E-state index is 0.622. The van der Waals surface area contributed by atoms with Crippen molar-refractivity contribution in [3.8, 4) is 0 Å². The van der Waals surface area contributed by atoms with E-state index in [2.05, 4.69) is 23.5 Å². The molecule has 0 bridgehead atoms. The number of hydrogen-bond donors (Lipinski definition) is 1. The molecule has 2 atom stereocenters. The van der Waals surface area contributed by atoms with Crippen LogP contribution in [0.25, 0.3) is 0 Å². The molecule has 1 saturated carbocycles. The first-order valence-corrected chi connectivity index (χ1v) is 7.59. The summed E-state index contributed by atoms with van der Waals surface area (Å²) in [6.45, 7) is 3.85. The number of hydrogen-bond acceptors (Lipinski definition) is 3. The van der Waals surface area contributed by atoms with Crippen LogP contribution in [0.4, 0.5) is 5.69 Å². The molecule has 1 aliphatic carbocycles. The molecule has 0 amide bonds. The summed E-state index contributed by atoms with van der Waals surface area (Å²) in [5.74, 6) is 0.941. The molecule has 0 saturated heterocycles. The normalized spacial score (nSPS) is 24.1. The average molecular weight is 265 g/mol. The number of nitrogens with one attached hydrogen (secondary N) is 1. The van der Waals surface area contributed by atoms with E-state index in [1.54, 1.807) is 7.11 Å². The fourth-order valence-electron chi connectivity index (χ4n) is 2.91. The van der Waals surface area contributed by atoms with Crippen molar-refractivity contribution in [1.29, 1.82) is 0 Å². The highest BCUT2D eigenvalue weighted by Crippen LogP contribution is 2.27. The topological polar surface area (TPSA) is 39.1 Å². The van der Waals surface area contributed by atoms with E-state index >= 15 is 0 Å². The van der Waals surface area contributed by atoms with Gasteiger partial charge >= 0.3 is 0 Å². The molecule has 1 N–H and O–H groups in total. The van der Waals surface area contributed by atoms with Gasteiger partial charge in [-0.15, -0.1) is 0 Å². The van der Waals surface area contributed by atoms with Gasteiger partial charge < -0.3 is 10.1 Å². The first-order valence-electron chi connectivity index (χ1n) is 7.59. The largest absolute Gasteiger partial charge is 0.383 e. The molecule has 1 aliphatic rings. The maximum atomic E-state index is 5.06. The van der Waals surface area contributed by atoms with E-state index in [0.29, 0.717) is 12.6 Å². The van der Waals surface area contributed by atoms with Crippen LogP contribution in [0.5, 0.6) is 0 Å². The second-order valence-electron chi connectivity index (χ2n) is 5.61. The molecule has 0 radical (unpaired) electrons. The standard InChI is InChI=1S/C15H27N3O/c1-3-13-5-4-6-14(8-7-13)17-15-11-16-18(12-15)9-10-19-2/h11-14,17H,3-10H2,1-2H3. The Hall–Kier alpha value is -1.03. The second-order valence-corrected chi connectivity index (χ2v) is 5.61. The molecule has 1 aromatic rings. The van der Waals surface area contributed by atoms with Crippen molar-refractivity contribution in [2.75, 3.05) is 19.0 Å². The van der Waals surface area contributed by atoms with Crippen LogP contribution in [0.3, 0.4) is 0 Å². The average Bonchev–Trinajstić information content (AvgIpc) is 2.74. The smallest absolute Gasteiger partial charge is 0.0728 e. The molecule has 4 nitrogen and oxygen atoms in total. The summed E-state index contributed by atoms with van der Waals surface area (Å²) < 4.78 is 7.01. The van der Waals surface area contributed by atoms with Crippen molar-refractivity contribution in [2.24, 2.45) is 5.92 Å². The van der Waals surface area contributed by atoms with Crippen molar-refractivity contribution in [3.05, 3.63) is 12.4 Å². The summed E-state index contributed by atoms with van der Waals surface area (Å²) in [5, 5.41) is 7.99. The predicted molar refractivity (Wildman–Crippen MR) is 78.4 cm³/mol. The fourth-order valence-corrected chi connectivity index (χ4v) is 2.91. The van der Waals surface area contributed by atoms with E-state index in [1.807, 2.05) is 10.9 Å². The molecular weight excluding hydrogens is 238 g/mol. The molecule has 0 aromatic carbocycles. The summed E-state index contributed by atoms with van der Waals surface area (Å²) in [4.78, 5) is 0. The summed E-state index contributed by atoms with van der Waals surface area (Å²) >= 11 is 0. The number of rotatable bonds is 6. The van der Waals surface area contributed by atoms with Gasteiger partial charge in [-0.3, -0.25) is 4.68 Å². The quantitative estimate of drug-likeness (QED) is 0.802. The minimum Gasteiger partial charge on any atom is -0.383 e. The van der Waals surface area contributed by atoms with Gasteiger partial charge in [-0.25, -0.2) is 0 Å². The Morgan fingerprint density at radius 2 is 2.26 bits per heavy atom. The Morgan fingerprint density at radius 1 is 1.37 bits per heavy atom. The minimum absolute atomic E-state index is 0.622. The molecule has 108 valence electrons. The van der Waals surface area contributed by atoms with Crippen LogP contribution in [-0.4, -0.2) is 29.5 Å². The zero-order chi connectivity index (χ0) is 13.5. The van der Waals surface area contributed by atoms with Gasteiger partial charge in [0.05, 0.1) is 25.0 Å². The second kappa shape index (κ2) is 7.53. The predicted octanol–water partition coefficient (Wildman–Crippen LogP) is 3.30. The molecule has 19 heavy (non-hydrogen) atoms. The molecule has 0 spiro atoms. The summed E-state index contributed by atoms with van der Waals surface area (Å²) in [7, 11) is 1.72. The van der Waals surface area contributed by atoms with Crippen molar-refractivity contribution in [2.45, 2.75) is 58.0 Å². The van der Waals surface area contributed by atoms with Gasteiger partial charge in [0.2, 0.25) is 0 Å². The molecule has 4 heteroatoms. The van der Waals surface area contributed by atoms with Crippen molar-refractivity contribution in [3.63, 3.8) is 0 Å². The monoisotopic (exact) mass is 265 g/mol. The molecule has 1 fully saturated rings. The van der Waals surface area contributed by atoms with E-state index < -0.39 is 0 Å². The van der Waals surface area contributed by atoms with E-state index in [1.165, 1.54) is 38.5 Å². The molecule has 0 aliphatic heterocycles. The van der Waals surface area contributed by atoms with Gasteiger partial charge in [-0.05, 0) is 25.2 Å². The van der Waals surface area contributed by atoms with Crippen LogP contribution >= 0.6 is 0 Å². The molecule has 1 aromatic heterocycles. The first kappa shape index (κ1) is 14.4. The van der Waals surface area contributed by atoms with Crippen LogP contribution in [-0.2, 0) is 11.3 Å². The Balaban J connectivity index is 1.81. The Bertz CT molecular complexity index is 364. The highest BCUT2D eigenvalue weighted by molar-refractivity contribution is 5.39. The molecule has 2 rings (SSSR count). The van der Waals surface area contributed by atoms with Crippen LogP contribution in [0.15, 0.2) is 12.4 Å². The third-order valence-corrected chi connectivity index (χ3v) is 4.19. The third-order valence-electron chi connectivity index (χ3n) is 4.19. The van der Waals surface area contributed by atoms with Crippen molar-refractivity contribution < 1.29 is 4.74 Å². The van der Waals surface area contributed by atoms with Gasteiger partial charge in [0.1, 0.15) is 0 Å². The van der Waals surface area contributed by atoms with Gasteiger partial charge in [0.25, 0.3) is 0 Å². The summed E-state index contributed by atoms with van der Waals surface area (Å²) in [5.41, 5.74) is 1.15. The number of nitrogens with zero attached hydrogens (tertiary/aromatic N) is 2. The van der Waals surface area contributed by atoms with Gasteiger partial charge in [-0.1, -0.05) is 26.2 Å². The number of ether oxygens (including phenoxy) is 1. The van der Waals surface area contributed by atoms with Crippen LogP contribution < -0.4 is 5.32 Å². The number of anilines is 1. The molecular formula is C15H27N3O. The lowest BCUT2D eigenvalue weighted by Crippen LogP contribution is -2.18. The van der Waals surface area contributed by atoms with Crippen molar-refractivity contribution >= 4 is 5.69 Å². The van der Waals surface area contributed by atoms with Gasteiger partial charge in [0, 0.05) is 19.3 Å². The van der Waals surface area contributed by atoms with Crippen LogP contribution in [0.1, 0.15) is 45.4 Å². The number of methoxy groups -OCH3 is 1. The van der Waals surface area contributed by atoms with Crippen molar-refractivity contribution in [1.82, 2.24) is 9.78 Å². The lowest BCUT2D eigenvalue weighted by atomic mass is 9.98. The van der Waals surface area contributed by atoms with E-state index in [-0.39, 0.29) is 0 Å². The van der Waals surface area contributed by atoms with Crippen LogP contribution in [0, 0.1) is 5.92 Å². The SMILES string of the molecule is CCC1CCCC(Nc2cnn(CCOC)c2)CC1. The van der Waals surface area contributed by atoms with E-state index in [0.717, 1.165) is 18.2 Å². The highest BCUT2D eigenvalue weighted by Gasteiger charge is 2.17. The molecule has 2 unspecified atom stereocenters. The zero-order valence-corrected chi connectivity index (χ0v) is 12.3. The maximum Gasteiger partial charge on any atom is 0.0728 e. The highest BCUT2D eigenvalue weighted by atomic mass is 16.5. The Morgan fingerprint density at radius 3 is 3.05 bits per heavy atom. The fraction of sp³-hybridized carbons (Fsp3) is 0.800. The van der Waals surface area contributed by atoms with E-state index in [9.17, 15) is 0 Å². The van der Waals surface area contributed by atoms with Gasteiger partial charge in [-0.2, -0.15) is 5.10 Å². The third kappa shape index (κ3) is 4.53. The van der Waals surface area contributed by atoms with E-state index in [4.69, 9.17) is 4.74 Å². The number of aromatic nitrogens is 2. The summed E-state index contributed by atoms with van der Waals surface area (Å²) in [6, 6.07) is 0.622. The Labute approximate surface area is 116 Å². The lowest BCUT2D eigenvalue weighted by Gasteiger charge is -2.16. The Kier molecular flexibility index (Phi) is 5.70. The van der Waals surface area contributed by atoms with Gasteiger partial charge in [0.15, 0.2) is 0 Å².